The minimum atomic E-state index is 0.306. The normalized spacial score (nSPS) is 18.9. The molecular formula is C12H21N5O. The van der Waals surface area contributed by atoms with Gasteiger partial charge in [0.1, 0.15) is 17.5 Å². The quantitative estimate of drug-likeness (QED) is 0.691. The Labute approximate surface area is 107 Å². The van der Waals surface area contributed by atoms with E-state index in [0.29, 0.717) is 19.2 Å². The number of rotatable bonds is 6. The number of ether oxygens (including phenoxy) is 1. The van der Waals surface area contributed by atoms with Crippen molar-refractivity contribution in [2.45, 2.75) is 25.9 Å². The second-order valence-corrected chi connectivity index (χ2v) is 4.42. The maximum absolute atomic E-state index is 5.56. The molecule has 1 fully saturated rings. The Bertz CT molecular complexity index is 379. The summed E-state index contributed by atoms with van der Waals surface area (Å²) >= 11 is 0. The SMILES string of the molecule is Cc1nc(NCCN)cc(NCC2CCCO2)n1. The topological polar surface area (TPSA) is 85.1 Å². The van der Waals surface area contributed by atoms with Crippen molar-refractivity contribution in [1.29, 1.82) is 0 Å². The van der Waals surface area contributed by atoms with Gasteiger partial charge in [0, 0.05) is 32.3 Å². The maximum atomic E-state index is 5.56. The molecule has 1 aromatic heterocycles. The van der Waals surface area contributed by atoms with Crippen LogP contribution >= 0.6 is 0 Å². The summed E-state index contributed by atoms with van der Waals surface area (Å²) in [6, 6.07) is 1.90. The van der Waals surface area contributed by atoms with Crippen molar-refractivity contribution in [2.75, 3.05) is 36.9 Å². The van der Waals surface area contributed by atoms with Gasteiger partial charge in [-0.2, -0.15) is 0 Å². The summed E-state index contributed by atoms with van der Waals surface area (Å²) in [5, 5.41) is 6.45. The summed E-state index contributed by atoms with van der Waals surface area (Å²) in [6.45, 7) is 4.85. The number of hydrogen-bond donors (Lipinski definition) is 3. The molecule has 1 aliphatic rings. The first-order chi connectivity index (χ1) is 8.78. The van der Waals surface area contributed by atoms with Gasteiger partial charge >= 0.3 is 0 Å². The summed E-state index contributed by atoms with van der Waals surface area (Å²) in [4.78, 5) is 8.66. The molecule has 0 aromatic carbocycles. The molecule has 2 rings (SSSR count). The van der Waals surface area contributed by atoms with Crippen LogP contribution in [0.4, 0.5) is 11.6 Å². The third kappa shape index (κ3) is 3.82. The second kappa shape index (κ2) is 6.51. The Morgan fingerprint density at radius 2 is 2.17 bits per heavy atom. The highest BCUT2D eigenvalue weighted by atomic mass is 16.5. The van der Waals surface area contributed by atoms with Gasteiger partial charge in [0.2, 0.25) is 0 Å². The molecule has 1 atom stereocenters. The van der Waals surface area contributed by atoms with Crippen LogP contribution in [0.15, 0.2) is 6.07 Å². The average Bonchev–Trinajstić information content (AvgIpc) is 2.86. The van der Waals surface area contributed by atoms with Gasteiger partial charge in [-0.3, -0.25) is 0 Å². The van der Waals surface area contributed by atoms with Gasteiger partial charge in [-0.05, 0) is 19.8 Å². The smallest absolute Gasteiger partial charge is 0.131 e. The fourth-order valence-electron chi connectivity index (χ4n) is 1.97. The molecule has 0 amide bonds. The van der Waals surface area contributed by atoms with Crippen LogP contribution in [0.2, 0.25) is 0 Å². The monoisotopic (exact) mass is 251 g/mol. The Morgan fingerprint density at radius 3 is 2.83 bits per heavy atom. The molecule has 6 heteroatoms. The lowest BCUT2D eigenvalue weighted by Gasteiger charge is -2.12. The second-order valence-electron chi connectivity index (χ2n) is 4.42. The molecule has 0 bridgehead atoms. The van der Waals surface area contributed by atoms with Crippen molar-refractivity contribution in [3.8, 4) is 0 Å². The highest BCUT2D eigenvalue weighted by Gasteiger charge is 2.15. The predicted molar refractivity (Wildman–Crippen MR) is 71.8 cm³/mol. The third-order valence-corrected chi connectivity index (χ3v) is 2.82. The molecule has 0 radical (unpaired) electrons. The van der Waals surface area contributed by atoms with E-state index >= 15 is 0 Å². The van der Waals surface area contributed by atoms with Gasteiger partial charge in [-0.25, -0.2) is 9.97 Å². The molecule has 6 nitrogen and oxygen atoms in total. The minimum Gasteiger partial charge on any atom is -0.376 e. The van der Waals surface area contributed by atoms with Crippen molar-refractivity contribution >= 4 is 11.6 Å². The van der Waals surface area contributed by atoms with E-state index in [1.807, 2.05) is 13.0 Å². The summed E-state index contributed by atoms with van der Waals surface area (Å²) in [6.07, 6.45) is 2.58. The molecule has 18 heavy (non-hydrogen) atoms. The van der Waals surface area contributed by atoms with E-state index in [-0.39, 0.29) is 0 Å². The van der Waals surface area contributed by atoms with Crippen LogP contribution in [0.5, 0.6) is 0 Å². The van der Waals surface area contributed by atoms with E-state index < -0.39 is 0 Å². The summed E-state index contributed by atoms with van der Waals surface area (Å²) in [5.41, 5.74) is 5.46. The Kier molecular flexibility index (Phi) is 4.72. The van der Waals surface area contributed by atoms with E-state index in [1.54, 1.807) is 0 Å². The minimum absolute atomic E-state index is 0.306. The van der Waals surface area contributed by atoms with E-state index in [2.05, 4.69) is 20.6 Å². The molecule has 0 saturated carbocycles. The zero-order valence-corrected chi connectivity index (χ0v) is 10.8. The zero-order valence-electron chi connectivity index (χ0n) is 10.8. The standard InChI is InChI=1S/C12H21N5O/c1-9-16-11(14-5-4-13)7-12(17-9)15-8-10-3-2-6-18-10/h7,10H,2-6,8,13H2,1H3,(H2,14,15,16,17). The van der Waals surface area contributed by atoms with Crippen molar-refractivity contribution in [3.63, 3.8) is 0 Å². The first-order valence-electron chi connectivity index (χ1n) is 6.43. The largest absolute Gasteiger partial charge is 0.376 e. The van der Waals surface area contributed by atoms with Gasteiger partial charge in [0.25, 0.3) is 0 Å². The lowest BCUT2D eigenvalue weighted by Crippen LogP contribution is -2.20. The van der Waals surface area contributed by atoms with Crippen molar-refractivity contribution in [3.05, 3.63) is 11.9 Å². The van der Waals surface area contributed by atoms with Crippen molar-refractivity contribution in [1.82, 2.24) is 9.97 Å². The van der Waals surface area contributed by atoms with Crippen LogP contribution in [0, 0.1) is 6.92 Å². The van der Waals surface area contributed by atoms with Gasteiger partial charge in [-0.1, -0.05) is 0 Å². The van der Waals surface area contributed by atoms with Gasteiger partial charge in [-0.15, -0.1) is 0 Å². The number of nitrogens with two attached hydrogens (primary N) is 1. The first kappa shape index (κ1) is 13.0. The summed E-state index contributed by atoms with van der Waals surface area (Å²) in [7, 11) is 0. The van der Waals surface area contributed by atoms with Gasteiger partial charge < -0.3 is 21.1 Å². The van der Waals surface area contributed by atoms with Crippen molar-refractivity contribution < 1.29 is 4.74 Å². The number of anilines is 2. The molecule has 2 heterocycles. The first-order valence-corrected chi connectivity index (χ1v) is 6.43. The molecular weight excluding hydrogens is 230 g/mol. The van der Waals surface area contributed by atoms with Crippen LogP contribution in [0.3, 0.4) is 0 Å². The number of hydrogen-bond acceptors (Lipinski definition) is 6. The summed E-state index contributed by atoms with van der Waals surface area (Å²) in [5.74, 6) is 2.38. The maximum Gasteiger partial charge on any atom is 0.131 e. The Balaban J connectivity index is 1.91. The van der Waals surface area contributed by atoms with Crippen LogP contribution in [0.25, 0.3) is 0 Å². The number of nitrogens with zero attached hydrogens (tertiary/aromatic N) is 2. The molecule has 4 N–H and O–H groups in total. The van der Waals surface area contributed by atoms with E-state index in [0.717, 1.165) is 43.5 Å². The number of aromatic nitrogens is 2. The molecule has 1 unspecified atom stereocenters. The molecule has 0 aliphatic carbocycles. The average molecular weight is 251 g/mol. The molecule has 1 aromatic rings. The highest BCUT2D eigenvalue weighted by Crippen LogP contribution is 2.14. The number of aryl methyl sites for hydroxylation is 1. The van der Waals surface area contributed by atoms with E-state index in [9.17, 15) is 0 Å². The highest BCUT2D eigenvalue weighted by molar-refractivity contribution is 5.47. The summed E-state index contributed by atoms with van der Waals surface area (Å²) < 4.78 is 5.56. The Hall–Kier alpha value is -1.40. The molecule has 1 aliphatic heterocycles. The molecule has 0 spiro atoms. The zero-order chi connectivity index (χ0) is 12.8. The fourth-order valence-corrected chi connectivity index (χ4v) is 1.97. The van der Waals surface area contributed by atoms with Crippen LogP contribution in [0.1, 0.15) is 18.7 Å². The molecule has 1 saturated heterocycles. The Morgan fingerprint density at radius 1 is 1.39 bits per heavy atom. The predicted octanol–water partition coefficient (Wildman–Crippen LogP) is 0.747. The van der Waals surface area contributed by atoms with Crippen LogP contribution in [-0.2, 0) is 4.74 Å². The van der Waals surface area contributed by atoms with Crippen molar-refractivity contribution in [2.24, 2.45) is 5.73 Å². The third-order valence-electron chi connectivity index (χ3n) is 2.82. The van der Waals surface area contributed by atoms with E-state index in [1.165, 1.54) is 0 Å². The van der Waals surface area contributed by atoms with Gasteiger partial charge in [0.05, 0.1) is 6.10 Å². The van der Waals surface area contributed by atoms with Gasteiger partial charge in [0.15, 0.2) is 0 Å². The van der Waals surface area contributed by atoms with Crippen LogP contribution in [-0.4, -0.2) is 42.3 Å². The van der Waals surface area contributed by atoms with Crippen LogP contribution < -0.4 is 16.4 Å². The fraction of sp³-hybridized carbons (Fsp3) is 0.667. The van der Waals surface area contributed by atoms with E-state index in [4.69, 9.17) is 10.5 Å². The molecule has 100 valence electrons. The lowest BCUT2D eigenvalue weighted by molar-refractivity contribution is 0.120. The lowest BCUT2D eigenvalue weighted by atomic mass is 10.2. The number of nitrogens with one attached hydrogen (secondary N) is 2.